The van der Waals surface area contributed by atoms with Crippen LogP contribution in [0, 0.1) is 20.8 Å². The van der Waals surface area contributed by atoms with E-state index >= 15 is 0 Å². The molecular formula is C19H24N6. The zero-order valence-corrected chi connectivity index (χ0v) is 15.9. The molecule has 0 N–H and O–H groups in total. The van der Waals surface area contributed by atoms with Crippen LogP contribution in [0.25, 0.3) is 22.8 Å². The largest absolute Gasteiger partial charge is 0.272 e. The summed E-state index contributed by atoms with van der Waals surface area (Å²) in [6.07, 6.45) is 0. The first-order chi connectivity index (χ1) is 11.7. The summed E-state index contributed by atoms with van der Waals surface area (Å²) in [6, 6.07) is 5.90. The van der Waals surface area contributed by atoms with Gasteiger partial charge in [0.15, 0.2) is 5.82 Å². The van der Waals surface area contributed by atoms with Gasteiger partial charge in [0, 0.05) is 23.7 Å². The molecule has 0 saturated carbocycles. The zero-order valence-electron chi connectivity index (χ0n) is 15.9. The highest BCUT2D eigenvalue weighted by molar-refractivity contribution is 5.67. The molecule has 3 heterocycles. The van der Waals surface area contributed by atoms with Gasteiger partial charge in [-0.3, -0.25) is 4.68 Å². The molecule has 6 heteroatoms. The molecule has 3 rings (SSSR count). The molecule has 0 atom stereocenters. The van der Waals surface area contributed by atoms with Crippen molar-refractivity contribution >= 4 is 0 Å². The second-order valence-corrected chi connectivity index (χ2v) is 7.44. The van der Waals surface area contributed by atoms with Crippen molar-refractivity contribution in [2.45, 2.75) is 47.0 Å². The average Bonchev–Trinajstić information content (AvgIpc) is 2.79. The molecule has 3 aromatic heterocycles. The van der Waals surface area contributed by atoms with Crippen LogP contribution >= 0.6 is 0 Å². The SMILES string of the molecule is Cc1ccc(-c2nc(-c3c(C)nn(C)c3C)cc(C(C)(C)C)n2)nn1. The lowest BCUT2D eigenvalue weighted by Gasteiger charge is -2.19. The Bertz CT molecular complexity index is 916. The molecule has 130 valence electrons. The Morgan fingerprint density at radius 3 is 2.16 bits per heavy atom. The van der Waals surface area contributed by atoms with Crippen molar-refractivity contribution in [3.63, 3.8) is 0 Å². The van der Waals surface area contributed by atoms with E-state index in [-0.39, 0.29) is 5.41 Å². The standard InChI is InChI=1S/C19H24N6/c1-11-8-9-14(23-22-11)18-20-15(10-16(21-18)19(4,5)6)17-12(2)24-25(7)13(17)3/h8-10H,1-7H3. The maximum absolute atomic E-state index is 4.79. The van der Waals surface area contributed by atoms with Crippen molar-refractivity contribution < 1.29 is 0 Å². The fourth-order valence-electron chi connectivity index (χ4n) is 2.74. The quantitative estimate of drug-likeness (QED) is 0.716. The van der Waals surface area contributed by atoms with Gasteiger partial charge in [0.25, 0.3) is 0 Å². The molecule has 0 aliphatic carbocycles. The molecule has 0 bridgehead atoms. The van der Waals surface area contributed by atoms with Crippen LogP contribution in [0.4, 0.5) is 0 Å². The number of hydrogen-bond acceptors (Lipinski definition) is 5. The number of hydrogen-bond donors (Lipinski definition) is 0. The van der Waals surface area contributed by atoms with Crippen LogP contribution in [0.2, 0.25) is 0 Å². The Kier molecular flexibility index (Phi) is 4.14. The monoisotopic (exact) mass is 336 g/mol. The highest BCUT2D eigenvalue weighted by atomic mass is 15.3. The molecule has 3 aromatic rings. The van der Waals surface area contributed by atoms with Crippen molar-refractivity contribution in [2.24, 2.45) is 7.05 Å². The lowest BCUT2D eigenvalue weighted by molar-refractivity contribution is 0.568. The molecule has 0 aliphatic rings. The van der Waals surface area contributed by atoms with E-state index in [1.807, 2.05) is 37.7 Å². The van der Waals surface area contributed by atoms with Gasteiger partial charge >= 0.3 is 0 Å². The number of rotatable bonds is 2. The molecule has 0 spiro atoms. The van der Waals surface area contributed by atoms with Gasteiger partial charge in [-0.05, 0) is 39.0 Å². The van der Waals surface area contributed by atoms with Crippen LogP contribution in [0.3, 0.4) is 0 Å². The predicted molar refractivity (Wildman–Crippen MR) is 98.2 cm³/mol. The van der Waals surface area contributed by atoms with Crippen molar-refractivity contribution in [2.75, 3.05) is 0 Å². The first-order valence-corrected chi connectivity index (χ1v) is 8.37. The highest BCUT2D eigenvalue weighted by Gasteiger charge is 2.22. The van der Waals surface area contributed by atoms with E-state index in [2.05, 4.69) is 49.1 Å². The number of aryl methyl sites for hydroxylation is 3. The zero-order chi connectivity index (χ0) is 18.4. The maximum Gasteiger partial charge on any atom is 0.180 e. The smallest absolute Gasteiger partial charge is 0.180 e. The number of aromatic nitrogens is 6. The van der Waals surface area contributed by atoms with Gasteiger partial charge in [-0.15, -0.1) is 5.10 Å². The van der Waals surface area contributed by atoms with E-state index in [4.69, 9.17) is 9.97 Å². The average molecular weight is 336 g/mol. The molecule has 0 aromatic carbocycles. The lowest BCUT2D eigenvalue weighted by atomic mass is 9.90. The summed E-state index contributed by atoms with van der Waals surface area (Å²) in [7, 11) is 1.95. The van der Waals surface area contributed by atoms with Crippen LogP contribution in [-0.4, -0.2) is 29.9 Å². The molecule has 0 radical (unpaired) electrons. The van der Waals surface area contributed by atoms with Gasteiger partial charge in [-0.1, -0.05) is 20.8 Å². The summed E-state index contributed by atoms with van der Waals surface area (Å²) >= 11 is 0. The third-order valence-corrected chi connectivity index (χ3v) is 4.29. The Morgan fingerprint density at radius 1 is 0.920 bits per heavy atom. The van der Waals surface area contributed by atoms with Gasteiger partial charge < -0.3 is 0 Å². The van der Waals surface area contributed by atoms with E-state index in [1.165, 1.54) is 0 Å². The van der Waals surface area contributed by atoms with Crippen LogP contribution < -0.4 is 0 Å². The highest BCUT2D eigenvalue weighted by Crippen LogP contribution is 2.30. The minimum Gasteiger partial charge on any atom is -0.272 e. The molecule has 6 nitrogen and oxygen atoms in total. The van der Waals surface area contributed by atoms with Crippen molar-refractivity contribution in [3.05, 3.63) is 41.0 Å². The summed E-state index contributed by atoms with van der Waals surface area (Å²) in [5.41, 5.74) is 6.38. The fraction of sp³-hybridized carbons (Fsp3) is 0.421. The second-order valence-electron chi connectivity index (χ2n) is 7.44. The third-order valence-electron chi connectivity index (χ3n) is 4.29. The lowest BCUT2D eigenvalue weighted by Crippen LogP contribution is -2.15. The minimum atomic E-state index is -0.103. The molecular weight excluding hydrogens is 312 g/mol. The Labute approximate surface area is 148 Å². The van der Waals surface area contributed by atoms with Crippen LogP contribution in [0.1, 0.15) is 43.5 Å². The fourth-order valence-corrected chi connectivity index (χ4v) is 2.74. The first kappa shape index (κ1) is 17.2. The maximum atomic E-state index is 4.79. The molecule has 0 amide bonds. The summed E-state index contributed by atoms with van der Waals surface area (Å²) in [4.78, 5) is 9.54. The summed E-state index contributed by atoms with van der Waals surface area (Å²) < 4.78 is 1.88. The van der Waals surface area contributed by atoms with Crippen LogP contribution in [0.15, 0.2) is 18.2 Å². The molecule has 0 aliphatic heterocycles. The van der Waals surface area contributed by atoms with Gasteiger partial charge in [-0.2, -0.15) is 10.2 Å². The number of nitrogens with zero attached hydrogens (tertiary/aromatic N) is 6. The van der Waals surface area contributed by atoms with Gasteiger partial charge in [-0.25, -0.2) is 9.97 Å². The van der Waals surface area contributed by atoms with Crippen molar-refractivity contribution in [1.82, 2.24) is 29.9 Å². The summed E-state index contributed by atoms with van der Waals surface area (Å²) in [6.45, 7) is 12.4. The van der Waals surface area contributed by atoms with Gasteiger partial charge in [0.05, 0.1) is 22.8 Å². The Morgan fingerprint density at radius 2 is 1.64 bits per heavy atom. The minimum absolute atomic E-state index is 0.103. The third kappa shape index (κ3) is 3.29. The molecule has 0 fully saturated rings. The van der Waals surface area contributed by atoms with E-state index < -0.39 is 0 Å². The summed E-state index contributed by atoms with van der Waals surface area (Å²) in [5, 5.41) is 12.9. The normalized spacial score (nSPS) is 11.8. The topological polar surface area (TPSA) is 69.4 Å². The summed E-state index contributed by atoms with van der Waals surface area (Å²) in [5.74, 6) is 0.595. The van der Waals surface area contributed by atoms with E-state index in [0.717, 1.165) is 34.0 Å². The van der Waals surface area contributed by atoms with E-state index in [0.29, 0.717) is 11.5 Å². The second kappa shape index (κ2) is 6.02. The van der Waals surface area contributed by atoms with Crippen LogP contribution in [-0.2, 0) is 12.5 Å². The van der Waals surface area contributed by atoms with E-state index in [1.54, 1.807) is 0 Å². The predicted octanol–water partition coefficient (Wildman–Crippen LogP) is 3.56. The Hall–Kier alpha value is -2.63. The Balaban J connectivity index is 2.25. The molecule has 25 heavy (non-hydrogen) atoms. The van der Waals surface area contributed by atoms with Crippen LogP contribution in [0.5, 0.6) is 0 Å². The van der Waals surface area contributed by atoms with Crippen molar-refractivity contribution in [1.29, 1.82) is 0 Å². The van der Waals surface area contributed by atoms with E-state index in [9.17, 15) is 0 Å². The van der Waals surface area contributed by atoms with Gasteiger partial charge in [0.1, 0.15) is 5.69 Å². The first-order valence-electron chi connectivity index (χ1n) is 8.37. The van der Waals surface area contributed by atoms with Gasteiger partial charge in [0.2, 0.25) is 0 Å². The molecule has 0 saturated heterocycles. The van der Waals surface area contributed by atoms with Crippen molar-refractivity contribution in [3.8, 4) is 22.8 Å². The molecule has 0 unspecified atom stereocenters.